The zero-order chi connectivity index (χ0) is 15.0. The first kappa shape index (κ1) is 15.7. The van der Waals surface area contributed by atoms with E-state index in [1.54, 1.807) is 7.11 Å². The Labute approximate surface area is 127 Å². The third-order valence-electron chi connectivity index (χ3n) is 4.83. The Hall–Kier alpha value is -0.730. The minimum atomic E-state index is -0.236. The molecule has 1 aliphatic rings. The van der Waals surface area contributed by atoms with Crippen LogP contribution in [0, 0.1) is 11.3 Å². The summed E-state index contributed by atoms with van der Waals surface area (Å²) in [6, 6.07) is 5.93. The largest absolute Gasteiger partial charge is 0.495 e. The van der Waals surface area contributed by atoms with E-state index in [0.717, 1.165) is 24.3 Å². The Morgan fingerprint density at radius 1 is 1.25 bits per heavy atom. The molecule has 1 aromatic rings. The van der Waals surface area contributed by atoms with Gasteiger partial charge in [0.15, 0.2) is 0 Å². The third kappa shape index (κ3) is 3.12. The van der Waals surface area contributed by atoms with E-state index >= 15 is 0 Å². The molecule has 0 atom stereocenters. The van der Waals surface area contributed by atoms with Gasteiger partial charge in [-0.1, -0.05) is 38.4 Å². The van der Waals surface area contributed by atoms with Crippen molar-refractivity contribution < 1.29 is 4.74 Å². The van der Waals surface area contributed by atoms with Crippen LogP contribution in [0.4, 0.5) is 0 Å². The van der Waals surface area contributed by atoms with Gasteiger partial charge in [-0.25, -0.2) is 0 Å². The highest BCUT2D eigenvalue weighted by molar-refractivity contribution is 6.32. The number of methoxy groups -OCH3 is 1. The van der Waals surface area contributed by atoms with Crippen LogP contribution in [0.25, 0.3) is 0 Å². The Bertz CT molecular complexity index is 470. The van der Waals surface area contributed by atoms with Crippen LogP contribution in [0.2, 0.25) is 5.02 Å². The lowest BCUT2D eigenvalue weighted by molar-refractivity contribution is 0.134. The number of nitrogens with two attached hydrogens (primary N) is 1. The summed E-state index contributed by atoms with van der Waals surface area (Å²) in [7, 11) is 1.64. The summed E-state index contributed by atoms with van der Waals surface area (Å²) in [4.78, 5) is 0. The van der Waals surface area contributed by atoms with Crippen molar-refractivity contribution >= 4 is 11.6 Å². The lowest BCUT2D eigenvalue weighted by atomic mass is 9.66. The summed E-state index contributed by atoms with van der Waals surface area (Å²) in [6.07, 6.45) is 4.43. The zero-order valence-electron chi connectivity index (χ0n) is 13.0. The summed E-state index contributed by atoms with van der Waals surface area (Å²) < 4.78 is 5.31. The molecule has 2 nitrogen and oxygen atoms in total. The number of benzene rings is 1. The molecule has 0 bridgehead atoms. The molecule has 0 radical (unpaired) electrons. The van der Waals surface area contributed by atoms with E-state index in [2.05, 4.69) is 20.8 Å². The predicted molar refractivity (Wildman–Crippen MR) is 85.3 cm³/mol. The molecule has 2 N–H and O–H groups in total. The zero-order valence-corrected chi connectivity index (χ0v) is 13.8. The van der Waals surface area contributed by atoms with Gasteiger partial charge >= 0.3 is 0 Å². The molecule has 0 aromatic heterocycles. The first-order chi connectivity index (χ1) is 9.26. The average molecular weight is 296 g/mol. The van der Waals surface area contributed by atoms with Crippen molar-refractivity contribution in [1.82, 2.24) is 0 Å². The monoisotopic (exact) mass is 295 g/mol. The van der Waals surface area contributed by atoms with E-state index in [0.29, 0.717) is 16.2 Å². The highest BCUT2D eigenvalue weighted by Gasteiger charge is 2.37. The van der Waals surface area contributed by atoms with Crippen LogP contribution in [-0.4, -0.2) is 7.11 Å². The van der Waals surface area contributed by atoms with Gasteiger partial charge in [0.05, 0.1) is 12.1 Å². The van der Waals surface area contributed by atoms with E-state index in [1.807, 2.05) is 18.2 Å². The molecule has 0 aliphatic heterocycles. The Morgan fingerprint density at radius 3 is 2.35 bits per heavy atom. The molecule has 1 saturated carbocycles. The summed E-state index contributed by atoms with van der Waals surface area (Å²) in [5, 5.41) is 0.642. The molecule has 0 spiro atoms. The Kier molecular flexibility index (Phi) is 4.36. The molecule has 0 saturated heterocycles. The van der Waals surface area contributed by atoms with Crippen LogP contribution >= 0.6 is 11.6 Å². The standard InChI is InChI=1S/C17H26ClNO/c1-16(2,3)12-7-9-17(19,10-8-12)13-5-6-14(18)15(11-13)20-4/h5-6,11-12H,7-10,19H2,1-4H3. The van der Waals surface area contributed by atoms with Crippen LogP contribution in [0.3, 0.4) is 0 Å². The fourth-order valence-corrected chi connectivity index (χ4v) is 3.45. The fourth-order valence-electron chi connectivity index (χ4n) is 3.26. The molecule has 1 aromatic carbocycles. The van der Waals surface area contributed by atoms with Gasteiger partial charge in [0.25, 0.3) is 0 Å². The van der Waals surface area contributed by atoms with Crippen LogP contribution in [-0.2, 0) is 5.54 Å². The van der Waals surface area contributed by atoms with E-state index in [4.69, 9.17) is 22.1 Å². The van der Waals surface area contributed by atoms with Gasteiger partial charge in [-0.05, 0) is 54.7 Å². The summed E-state index contributed by atoms with van der Waals surface area (Å²) >= 11 is 6.10. The first-order valence-corrected chi connectivity index (χ1v) is 7.77. The number of halogens is 1. The van der Waals surface area contributed by atoms with Crippen molar-refractivity contribution in [3.8, 4) is 5.75 Å². The second-order valence-corrected chi connectivity index (χ2v) is 7.55. The fraction of sp³-hybridized carbons (Fsp3) is 0.647. The molecule has 3 heteroatoms. The SMILES string of the molecule is COc1cc(C2(N)CCC(C(C)(C)C)CC2)ccc1Cl. The van der Waals surface area contributed by atoms with E-state index < -0.39 is 0 Å². The minimum absolute atomic E-state index is 0.236. The Balaban J connectivity index is 2.17. The molecule has 112 valence electrons. The number of hydrogen-bond acceptors (Lipinski definition) is 2. The van der Waals surface area contributed by atoms with Crippen molar-refractivity contribution in [1.29, 1.82) is 0 Å². The minimum Gasteiger partial charge on any atom is -0.495 e. The molecule has 2 rings (SSSR count). The van der Waals surface area contributed by atoms with Crippen molar-refractivity contribution in [2.24, 2.45) is 17.1 Å². The van der Waals surface area contributed by atoms with Gasteiger partial charge in [-0.3, -0.25) is 0 Å². The number of ether oxygens (including phenoxy) is 1. The van der Waals surface area contributed by atoms with Crippen molar-refractivity contribution in [2.75, 3.05) is 7.11 Å². The number of hydrogen-bond donors (Lipinski definition) is 1. The van der Waals surface area contributed by atoms with Crippen LogP contribution < -0.4 is 10.5 Å². The first-order valence-electron chi connectivity index (χ1n) is 7.39. The Morgan fingerprint density at radius 2 is 1.85 bits per heavy atom. The quantitative estimate of drug-likeness (QED) is 0.855. The third-order valence-corrected chi connectivity index (χ3v) is 5.14. The second-order valence-electron chi connectivity index (χ2n) is 7.15. The highest BCUT2D eigenvalue weighted by atomic mass is 35.5. The topological polar surface area (TPSA) is 35.2 Å². The van der Waals surface area contributed by atoms with Gasteiger partial charge in [0.1, 0.15) is 5.75 Å². The average Bonchev–Trinajstić information content (AvgIpc) is 2.38. The maximum atomic E-state index is 6.66. The lowest BCUT2D eigenvalue weighted by Crippen LogP contribution is -2.42. The van der Waals surface area contributed by atoms with Crippen molar-refractivity contribution in [3.05, 3.63) is 28.8 Å². The molecule has 0 unspecified atom stereocenters. The summed E-state index contributed by atoms with van der Waals surface area (Å²) in [5.74, 6) is 1.47. The normalized spacial score (nSPS) is 27.4. The molecular weight excluding hydrogens is 270 g/mol. The molecule has 0 heterocycles. The highest BCUT2D eigenvalue weighted by Crippen LogP contribution is 2.45. The maximum absolute atomic E-state index is 6.66. The van der Waals surface area contributed by atoms with Crippen LogP contribution in [0.5, 0.6) is 5.75 Å². The smallest absolute Gasteiger partial charge is 0.137 e. The van der Waals surface area contributed by atoms with Gasteiger partial charge < -0.3 is 10.5 Å². The summed E-state index contributed by atoms with van der Waals surface area (Å²) in [5.41, 5.74) is 7.94. The molecule has 1 fully saturated rings. The molecule has 20 heavy (non-hydrogen) atoms. The van der Waals surface area contributed by atoms with E-state index in [-0.39, 0.29) is 5.54 Å². The van der Waals surface area contributed by atoms with Crippen molar-refractivity contribution in [3.63, 3.8) is 0 Å². The number of rotatable bonds is 2. The molecule has 1 aliphatic carbocycles. The maximum Gasteiger partial charge on any atom is 0.137 e. The molecular formula is C17H26ClNO. The van der Waals surface area contributed by atoms with Gasteiger partial charge in [0, 0.05) is 5.54 Å². The van der Waals surface area contributed by atoms with E-state index in [1.165, 1.54) is 12.8 Å². The second kappa shape index (κ2) is 5.57. The van der Waals surface area contributed by atoms with Crippen molar-refractivity contribution in [2.45, 2.75) is 52.0 Å². The van der Waals surface area contributed by atoms with E-state index in [9.17, 15) is 0 Å². The predicted octanol–water partition coefficient (Wildman–Crippen LogP) is 4.74. The van der Waals surface area contributed by atoms with Crippen LogP contribution in [0.15, 0.2) is 18.2 Å². The molecule has 0 amide bonds. The van der Waals surface area contributed by atoms with Gasteiger partial charge in [-0.2, -0.15) is 0 Å². The van der Waals surface area contributed by atoms with Crippen LogP contribution in [0.1, 0.15) is 52.0 Å². The lowest BCUT2D eigenvalue weighted by Gasteiger charge is -2.42. The van der Waals surface area contributed by atoms with Gasteiger partial charge in [-0.15, -0.1) is 0 Å². The van der Waals surface area contributed by atoms with Gasteiger partial charge in [0.2, 0.25) is 0 Å². The summed E-state index contributed by atoms with van der Waals surface area (Å²) in [6.45, 7) is 6.98.